The summed E-state index contributed by atoms with van der Waals surface area (Å²) in [6, 6.07) is 11.7. The van der Waals surface area contributed by atoms with Gasteiger partial charge in [-0.15, -0.1) is 0 Å². The number of para-hydroxylation sites is 1. The lowest BCUT2D eigenvalue weighted by atomic mass is 9.95. The second-order valence-corrected chi connectivity index (χ2v) is 12.1. The first kappa shape index (κ1) is 31.0. The van der Waals surface area contributed by atoms with E-state index < -0.39 is 35.3 Å². The number of hydrogen-bond acceptors (Lipinski definition) is 9. The van der Waals surface area contributed by atoms with Gasteiger partial charge in [0.05, 0.1) is 34.2 Å². The van der Waals surface area contributed by atoms with Gasteiger partial charge in [0.1, 0.15) is 17.7 Å². The number of benzene rings is 2. The fraction of sp³-hybridized carbons (Fsp3) is 0.312. The predicted octanol–water partition coefficient (Wildman–Crippen LogP) is 3.22. The Bertz CT molecular complexity index is 1920. The SMILES string of the molecule is CCOC(=O)C1=C(C)N=c2s/c(=C\[C@H]3C(=O)NC(=S)N(c4ccc(C)c(C)c4)C3=O)c(=O)n2[C@@H]1c1ccccc1OC(C)C. The molecule has 2 amide bonds. The molecule has 0 radical (unpaired) electrons. The molecule has 3 aromatic rings. The molecule has 3 heterocycles. The third-order valence-corrected chi connectivity index (χ3v) is 8.65. The zero-order chi connectivity index (χ0) is 31.9. The number of nitrogens with one attached hydrogen (secondary N) is 1. The molecule has 2 aliphatic heterocycles. The van der Waals surface area contributed by atoms with Crippen molar-refractivity contribution >= 4 is 58.2 Å². The molecule has 1 saturated heterocycles. The van der Waals surface area contributed by atoms with Crippen LogP contribution in [0, 0.1) is 19.8 Å². The topological polar surface area (TPSA) is 119 Å². The maximum absolute atomic E-state index is 14.1. The minimum atomic E-state index is -1.33. The fourth-order valence-corrected chi connectivity index (χ4v) is 6.52. The van der Waals surface area contributed by atoms with E-state index in [4.69, 9.17) is 21.7 Å². The summed E-state index contributed by atoms with van der Waals surface area (Å²) in [5.41, 5.74) is 3.15. The summed E-state index contributed by atoms with van der Waals surface area (Å²) < 4.78 is 13.0. The summed E-state index contributed by atoms with van der Waals surface area (Å²) >= 11 is 6.39. The Balaban J connectivity index is 1.67. The molecule has 5 rings (SSSR count). The first-order chi connectivity index (χ1) is 20.9. The summed E-state index contributed by atoms with van der Waals surface area (Å²) in [5.74, 6) is -2.65. The number of allylic oxidation sites excluding steroid dienone is 1. The van der Waals surface area contributed by atoms with Gasteiger partial charge in [-0.25, -0.2) is 9.79 Å². The minimum absolute atomic E-state index is 0.0363. The number of ether oxygens (including phenoxy) is 2. The number of anilines is 1. The quantitative estimate of drug-likeness (QED) is 0.241. The average Bonchev–Trinajstić information content (AvgIpc) is 3.26. The molecule has 2 aromatic carbocycles. The van der Waals surface area contributed by atoms with Crippen molar-refractivity contribution in [1.29, 1.82) is 0 Å². The molecule has 1 aromatic heterocycles. The smallest absolute Gasteiger partial charge is 0.338 e. The molecule has 2 aliphatic rings. The molecule has 44 heavy (non-hydrogen) atoms. The third-order valence-electron chi connectivity index (χ3n) is 7.36. The summed E-state index contributed by atoms with van der Waals surface area (Å²) in [5, 5.41) is 2.56. The zero-order valence-corrected chi connectivity index (χ0v) is 26.8. The van der Waals surface area contributed by atoms with Crippen LogP contribution in [0.25, 0.3) is 6.08 Å². The van der Waals surface area contributed by atoms with Crippen molar-refractivity contribution in [2.45, 2.75) is 53.7 Å². The Labute approximate surface area is 263 Å². The number of nitrogens with zero attached hydrogens (tertiary/aromatic N) is 3. The van der Waals surface area contributed by atoms with E-state index in [2.05, 4.69) is 10.3 Å². The third kappa shape index (κ3) is 5.62. The summed E-state index contributed by atoms with van der Waals surface area (Å²) in [6.07, 6.45) is 1.17. The Kier molecular flexibility index (Phi) is 8.66. The number of amides is 2. The normalized spacial score (nSPS) is 18.8. The van der Waals surface area contributed by atoms with Crippen molar-refractivity contribution in [2.75, 3.05) is 11.5 Å². The summed E-state index contributed by atoms with van der Waals surface area (Å²) in [7, 11) is 0. The van der Waals surface area contributed by atoms with Crippen molar-refractivity contribution in [2.24, 2.45) is 10.9 Å². The number of hydrogen-bond donors (Lipinski definition) is 1. The molecular formula is C32H32N4O6S2. The Morgan fingerprint density at radius 3 is 2.52 bits per heavy atom. The standard InChI is InChI=1S/C32H32N4O6S2/c1-7-41-30(40)25-19(6)33-32-36(26(25)21-10-8-9-11-23(21)42-16(2)3)29(39)24(44-32)15-22-27(37)34-31(43)35(28(22)38)20-13-12-17(4)18(5)14-20/h8-16,22,26H,7H2,1-6H3,(H,34,37,43)/b24-15-/t22-,26+/m0/s1. The van der Waals surface area contributed by atoms with Crippen LogP contribution in [0.1, 0.15) is 50.4 Å². The molecule has 228 valence electrons. The van der Waals surface area contributed by atoms with E-state index >= 15 is 0 Å². The van der Waals surface area contributed by atoms with E-state index in [-0.39, 0.29) is 27.9 Å². The zero-order valence-electron chi connectivity index (χ0n) is 25.2. The predicted molar refractivity (Wildman–Crippen MR) is 171 cm³/mol. The van der Waals surface area contributed by atoms with Crippen LogP contribution in [0.5, 0.6) is 5.75 Å². The van der Waals surface area contributed by atoms with Gasteiger partial charge in [0.2, 0.25) is 11.8 Å². The molecular weight excluding hydrogens is 601 g/mol. The van der Waals surface area contributed by atoms with Gasteiger partial charge in [-0.2, -0.15) is 0 Å². The highest BCUT2D eigenvalue weighted by Crippen LogP contribution is 2.36. The van der Waals surface area contributed by atoms with Crippen LogP contribution in [-0.4, -0.2) is 40.2 Å². The van der Waals surface area contributed by atoms with Gasteiger partial charge in [-0.3, -0.25) is 23.9 Å². The van der Waals surface area contributed by atoms with E-state index in [1.54, 1.807) is 38.1 Å². The largest absolute Gasteiger partial charge is 0.491 e. The number of thiocarbonyl (C=S) groups is 1. The van der Waals surface area contributed by atoms with Crippen LogP contribution in [0.15, 0.2) is 63.5 Å². The van der Waals surface area contributed by atoms with Crippen LogP contribution in [0.3, 0.4) is 0 Å². The van der Waals surface area contributed by atoms with Gasteiger partial charge in [0.15, 0.2) is 9.91 Å². The fourth-order valence-electron chi connectivity index (χ4n) is 5.17. The number of aryl methyl sites for hydroxylation is 2. The van der Waals surface area contributed by atoms with Crippen LogP contribution in [0.2, 0.25) is 0 Å². The summed E-state index contributed by atoms with van der Waals surface area (Å²) in [6.45, 7) is 11.2. The van der Waals surface area contributed by atoms with Crippen LogP contribution < -0.4 is 29.8 Å². The Morgan fingerprint density at radius 2 is 1.84 bits per heavy atom. The molecule has 1 N–H and O–H groups in total. The van der Waals surface area contributed by atoms with Crippen molar-refractivity contribution in [3.63, 3.8) is 0 Å². The molecule has 0 spiro atoms. The molecule has 2 atom stereocenters. The molecule has 10 nitrogen and oxygen atoms in total. The maximum atomic E-state index is 14.1. The molecule has 0 saturated carbocycles. The van der Waals surface area contributed by atoms with Crippen LogP contribution >= 0.6 is 23.6 Å². The number of carbonyl (C=O) groups excluding carboxylic acids is 3. The van der Waals surface area contributed by atoms with Crippen LogP contribution in [-0.2, 0) is 19.1 Å². The minimum Gasteiger partial charge on any atom is -0.491 e. The van der Waals surface area contributed by atoms with E-state index in [9.17, 15) is 19.2 Å². The number of fused-ring (bicyclic) bond motifs is 1. The van der Waals surface area contributed by atoms with Crippen LogP contribution in [0.4, 0.5) is 5.69 Å². The van der Waals surface area contributed by atoms with Gasteiger partial charge >= 0.3 is 5.97 Å². The molecule has 1 fully saturated rings. The molecule has 0 aliphatic carbocycles. The highest BCUT2D eigenvalue weighted by molar-refractivity contribution is 7.80. The van der Waals surface area contributed by atoms with Crippen molar-refractivity contribution < 1.29 is 23.9 Å². The van der Waals surface area contributed by atoms with Crippen molar-refractivity contribution in [1.82, 2.24) is 9.88 Å². The lowest BCUT2D eigenvalue weighted by Crippen LogP contribution is -2.58. The van der Waals surface area contributed by atoms with Gasteiger partial charge in [0, 0.05) is 5.56 Å². The second-order valence-electron chi connectivity index (χ2n) is 10.7. The van der Waals surface area contributed by atoms with Crippen molar-refractivity contribution in [3.8, 4) is 5.75 Å². The first-order valence-corrected chi connectivity index (χ1v) is 15.4. The average molecular weight is 633 g/mol. The number of thiazole rings is 1. The van der Waals surface area contributed by atoms with E-state index in [1.807, 2.05) is 45.9 Å². The molecule has 0 unspecified atom stereocenters. The Hall–Kier alpha value is -4.42. The highest BCUT2D eigenvalue weighted by Gasteiger charge is 2.39. The number of rotatable bonds is 7. The first-order valence-electron chi connectivity index (χ1n) is 14.1. The van der Waals surface area contributed by atoms with E-state index in [0.717, 1.165) is 22.5 Å². The highest BCUT2D eigenvalue weighted by atomic mass is 32.1. The lowest BCUT2D eigenvalue weighted by Gasteiger charge is -2.31. The monoisotopic (exact) mass is 632 g/mol. The summed E-state index contributed by atoms with van der Waals surface area (Å²) in [4.78, 5) is 60.4. The lowest BCUT2D eigenvalue weighted by molar-refractivity contribution is -0.139. The van der Waals surface area contributed by atoms with Gasteiger partial charge in [-0.1, -0.05) is 35.6 Å². The van der Waals surface area contributed by atoms with Gasteiger partial charge in [0.25, 0.3) is 5.56 Å². The van der Waals surface area contributed by atoms with E-state index in [1.165, 1.54) is 15.5 Å². The van der Waals surface area contributed by atoms with Crippen molar-refractivity contribution in [3.05, 3.63) is 90.1 Å². The number of aromatic nitrogens is 1. The molecule has 12 heteroatoms. The Morgan fingerprint density at radius 1 is 1.11 bits per heavy atom. The maximum Gasteiger partial charge on any atom is 0.338 e. The number of esters is 1. The number of carbonyl (C=O) groups is 3. The van der Waals surface area contributed by atoms with E-state index in [0.29, 0.717) is 27.5 Å². The molecule has 0 bridgehead atoms. The second kappa shape index (κ2) is 12.3. The van der Waals surface area contributed by atoms with Gasteiger partial charge < -0.3 is 14.8 Å². The van der Waals surface area contributed by atoms with Gasteiger partial charge in [-0.05, 0) is 89.2 Å².